The van der Waals surface area contributed by atoms with Gasteiger partial charge in [0, 0.05) is 11.8 Å². The SMILES string of the molecule is COc1nc(-c2cc(C#N)ccc2Cl)ncc1C(N)=O. The fourth-order valence-corrected chi connectivity index (χ4v) is 1.79. The van der Waals surface area contributed by atoms with Crippen LogP contribution in [0, 0.1) is 11.3 Å². The molecule has 1 aromatic heterocycles. The molecule has 6 nitrogen and oxygen atoms in total. The van der Waals surface area contributed by atoms with E-state index in [1.807, 2.05) is 6.07 Å². The topological polar surface area (TPSA) is 102 Å². The Kier molecular flexibility index (Phi) is 3.82. The smallest absolute Gasteiger partial charge is 0.255 e. The molecule has 0 unspecified atom stereocenters. The van der Waals surface area contributed by atoms with Crippen molar-refractivity contribution < 1.29 is 9.53 Å². The van der Waals surface area contributed by atoms with E-state index in [1.165, 1.54) is 13.3 Å². The molecule has 1 heterocycles. The molecule has 7 heteroatoms. The van der Waals surface area contributed by atoms with Crippen molar-refractivity contribution in [3.63, 3.8) is 0 Å². The van der Waals surface area contributed by atoms with E-state index in [0.29, 0.717) is 16.1 Å². The van der Waals surface area contributed by atoms with Gasteiger partial charge in [0.05, 0.1) is 23.8 Å². The predicted octanol–water partition coefficient (Wildman–Crippen LogP) is 1.78. The second-order valence-corrected chi connectivity index (χ2v) is 4.19. The Morgan fingerprint density at radius 2 is 2.25 bits per heavy atom. The number of nitriles is 1. The zero-order valence-corrected chi connectivity index (χ0v) is 11.2. The number of amides is 1. The maximum Gasteiger partial charge on any atom is 0.255 e. The molecule has 2 aromatic rings. The molecule has 1 aromatic carbocycles. The number of halogens is 1. The van der Waals surface area contributed by atoms with Crippen molar-refractivity contribution in [1.29, 1.82) is 5.26 Å². The third-order valence-electron chi connectivity index (χ3n) is 2.55. The maximum absolute atomic E-state index is 11.2. The fourth-order valence-electron chi connectivity index (χ4n) is 1.59. The first-order valence-corrected chi connectivity index (χ1v) is 5.85. The van der Waals surface area contributed by atoms with Crippen LogP contribution in [0.1, 0.15) is 15.9 Å². The first kappa shape index (κ1) is 13.8. The van der Waals surface area contributed by atoms with Crippen LogP contribution < -0.4 is 10.5 Å². The number of carbonyl (C=O) groups excluding carboxylic acids is 1. The molecule has 0 radical (unpaired) electrons. The number of hydrogen-bond acceptors (Lipinski definition) is 5. The highest BCUT2D eigenvalue weighted by Crippen LogP contribution is 2.28. The van der Waals surface area contributed by atoms with Gasteiger partial charge < -0.3 is 10.5 Å². The Morgan fingerprint density at radius 1 is 1.50 bits per heavy atom. The van der Waals surface area contributed by atoms with E-state index < -0.39 is 5.91 Å². The van der Waals surface area contributed by atoms with E-state index in [0.717, 1.165) is 0 Å². The summed E-state index contributed by atoms with van der Waals surface area (Å²) in [6, 6.07) is 6.72. The largest absolute Gasteiger partial charge is 0.480 e. The van der Waals surface area contributed by atoms with Crippen molar-refractivity contribution in [2.75, 3.05) is 7.11 Å². The van der Waals surface area contributed by atoms with Gasteiger partial charge in [0.15, 0.2) is 5.82 Å². The summed E-state index contributed by atoms with van der Waals surface area (Å²) >= 11 is 6.06. The number of rotatable bonds is 3. The second kappa shape index (κ2) is 5.55. The Morgan fingerprint density at radius 3 is 2.85 bits per heavy atom. The van der Waals surface area contributed by atoms with E-state index in [9.17, 15) is 4.79 Å². The van der Waals surface area contributed by atoms with Gasteiger partial charge in [-0.3, -0.25) is 4.79 Å². The lowest BCUT2D eigenvalue weighted by Gasteiger charge is -2.07. The summed E-state index contributed by atoms with van der Waals surface area (Å²) in [5, 5.41) is 9.28. The van der Waals surface area contributed by atoms with E-state index in [2.05, 4.69) is 9.97 Å². The second-order valence-electron chi connectivity index (χ2n) is 3.79. The molecule has 20 heavy (non-hydrogen) atoms. The first-order chi connectivity index (χ1) is 9.56. The van der Waals surface area contributed by atoms with E-state index in [4.69, 9.17) is 27.3 Å². The summed E-state index contributed by atoms with van der Waals surface area (Å²) in [6.45, 7) is 0. The summed E-state index contributed by atoms with van der Waals surface area (Å²) in [4.78, 5) is 19.3. The number of primary amides is 1. The molecular weight excluding hydrogens is 280 g/mol. The first-order valence-electron chi connectivity index (χ1n) is 5.47. The van der Waals surface area contributed by atoms with Crippen LogP contribution >= 0.6 is 11.6 Å². The van der Waals surface area contributed by atoms with Crippen molar-refractivity contribution in [2.24, 2.45) is 5.73 Å². The molecule has 0 aliphatic heterocycles. The molecule has 0 saturated carbocycles. The summed E-state index contributed by atoms with van der Waals surface area (Å²) in [6.07, 6.45) is 1.26. The zero-order valence-electron chi connectivity index (χ0n) is 10.4. The quantitative estimate of drug-likeness (QED) is 0.927. The zero-order chi connectivity index (χ0) is 14.7. The minimum absolute atomic E-state index is 0.0564. The monoisotopic (exact) mass is 288 g/mol. The van der Waals surface area contributed by atoms with Crippen LogP contribution in [0.3, 0.4) is 0 Å². The van der Waals surface area contributed by atoms with Gasteiger partial charge in [0.1, 0.15) is 5.56 Å². The van der Waals surface area contributed by atoms with Gasteiger partial charge in [-0.2, -0.15) is 10.2 Å². The summed E-state index contributed by atoms with van der Waals surface area (Å²) in [7, 11) is 1.37. The number of ether oxygens (including phenoxy) is 1. The highest BCUT2D eigenvalue weighted by Gasteiger charge is 2.15. The molecule has 0 atom stereocenters. The molecule has 0 saturated heterocycles. The molecule has 0 aliphatic carbocycles. The molecule has 1 amide bonds. The number of nitrogens with two attached hydrogens (primary N) is 1. The Bertz CT molecular complexity index is 725. The number of hydrogen-bond donors (Lipinski definition) is 1. The molecule has 0 aliphatic rings. The van der Waals surface area contributed by atoms with Crippen LogP contribution in [-0.4, -0.2) is 23.0 Å². The fraction of sp³-hybridized carbons (Fsp3) is 0.0769. The number of methoxy groups -OCH3 is 1. The van der Waals surface area contributed by atoms with Crippen molar-refractivity contribution in [3.8, 4) is 23.3 Å². The minimum Gasteiger partial charge on any atom is -0.480 e. The molecule has 0 fully saturated rings. The van der Waals surface area contributed by atoms with Crippen LogP contribution in [0.5, 0.6) is 5.88 Å². The third-order valence-corrected chi connectivity index (χ3v) is 2.88. The average molecular weight is 289 g/mol. The molecule has 100 valence electrons. The van der Waals surface area contributed by atoms with Gasteiger partial charge in [0.2, 0.25) is 5.88 Å². The van der Waals surface area contributed by atoms with E-state index in [1.54, 1.807) is 18.2 Å². The van der Waals surface area contributed by atoms with Gasteiger partial charge in [-0.15, -0.1) is 0 Å². The number of aromatic nitrogens is 2. The normalized spacial score (nSPS) is 9.85. The Labute approximate surface area is 119 Å². The molecule has 2 rings (SSSR count). The van der Waals surface area contributed by atoms with E-state index in [-0.39, 0.29) is 17.3 Å². The van der Waals surface area contributed by atoms with Crippen LogP contribution in [0.4, 0.5) is 0 Å². The van der Waals surface area contributed by atoms with Gasteiger partial charge in [-0.1, -0.05) is 11.6 Å². The van der Waals surface area contributed by atoms with Gasteiger partial charge in [0.25, 0.3) is 5.91 Å². The number of benzene rings is 1. The molecular formula is C13H9ClN4O2. The van der Waals surface area contributed by atoms with Crippen molar-refractivity contribution >= 4 is 17.5 Å². The summed E-state index contributed by atoms with van der Waals surface area (Å²) in [5.74, 6) is -0.389. The highest BCUT2D eigenvalue weighted by atomic mass is 35.5. The molecule has 2 N–H and O–H groups in total. The lowest BCUT2D eigenvalue weighted by atomic mass is 10.1. The van der Waals surface area contributed by atoms with Gasteiger partial charge >= 0.3 is 0 Å². The summed E-state index contributed by atoms with van der Waals surface area (Å²) in [5.41, 5.74) is 6.15. The highest BCUT2D eigenvalue weighted by molar-refractivity contribution is 6.33. The third kappa shape index (κ3) is 2.53. The number of nitrogens with zero attached hydrogens (tertiary/aromatic N) is 3. The van der Waals surface area contributed by atoms with Crippen molar-refractivity contribution in [3.05, 3.63) is 40.5 Å². The predicted molar refractivity (Wildman–Crippen MR) is 72.3 cm³/mol. The van der Waals surface area contributed by atoms with E-state index >= 15 is 0 Å². The summed E-state index contributed by atoms with van der Waals surface area (Å²) < 4.78 is 5.01. The van der Waals surface area contributed by atoms with Crippen LogP contribution in [0.2, 0.25) is 5.02 Å². The average Bonchev–Trinajstić information content (AvgIpc) is 2.47. The molecule has 0 spiro atoms. The Hall–Kier alpha value is -2.65. The van der Waals surface area contributed by atoms with Crippen LogP contribution in [0.25, 0.3) is 11.4 Å². The minimum atomic E-state index is -0.690. The maximum atomic E-state index is 11.2. The molecule has 0 bridgehead atoms. The van der Waals surface area contributed by atoms with Gasteiger partial charge in [-0.25, -0.2) is 4.98 Å². The standard InChI is InChI=1S/C13H9ClN4O2/c1-20-13-9(11(16)19)6-17-12(18-13)8-4-7(5-15)2-3-10(8)14/h2-4,6H,1H3,(H2,16,19). The van der Waals surface area contributed by atoms with Gasteiger partial charge in [-0.05, 0) is 18.2 Å². The van der Waals surface area contributed by atoms with Crippen molar-refractivity contribution in [1.82, 2.24) is 9.97 Å². The lowest BCUT2D eigenvalue weighted by Crippen LogP contribution is -2.14. The lowest BCUT2D eigenvalue weighted by molar-refractivity contribution is 0.0996. The Balaban J connectivity index is 2.59. The van der Waals surface area contributed by atoms with Crippen LogP contribution in [0.15, 0.2) is 24.4 Å². The van der Waals surface area contributed by atoms with Crippen LogP contribution in [-0.2, 0) is 0 Å². The number of carbonyl (C=O) groups is 1. The van der Waals surface area contributed by atoms with Crippen molar-refractivity contribution in [2.45, 2.75) is 0 Å².